The molecule has 2 aromatic carbocycles. The molecule has 0 bridgehead atoms. The molecule has 1 aliphatic rings. The van der Waals surface area contributed by atoms with E-state index in [2.05, 4.69) is 5.32 Å². The fraction of sp³-hybridized carbons (Fsp3) is 0.211. The molecule has 3 rings (SSSR count). The zero-order valence-corrected chi connectivity index (χ0v) is 15.3. The van der Waals surface area contributed by atoms with Crippen LogP contribution in [0.25, 0.3) is 0 Å². The van der Waals surface area contributed by atoms with E-state index < -0.39 is 34.1 Å². The van der Waals surface area contributed by atoms with E-state index in [1.165, 1.54) is 31.4 Å². The molecular formula is C19H16FN3O6. The number of methoxy groups -OCH3 is 1. The Morgan fingerprint density at radius 2 is 1.90 bits per heavy atom. The van der Waals surface area contributed by atoms with Gasteiger partial charge in [0.25, 0.3) is 17.7 Å². The van der Waals surface area contributed by atoms with Crippen LogP contribution in [0.4, 0.5) is 15.8 Å². The van der Waals surface area contributed by atoms with Crippen molar-refractivity contribution in [1.82, 2.24) is 4.90 Å². The number of fused-ring (bicyclic) bond motifs is 1. The number of ether oxygens (including phenoxy) is 1. The predicted octanol–water partition coefficient (Wildman–Crippen LogP) is 2.62. The van der Waals surface area contributed by atoms with E-state index >= 15 is 0 Å². The molecule has 0 saturated heterocycles. The van der Waals surface area contributed by atoms with Crippen LogP contribution in [0.3, 0.4) is 0 Å². The van der Waals surface area contributed by atoms with Crippen molar-refractivity contribution in [2.45, 2.75) is 6.42 Å². The lowest BCUT2D eigenvalue weighted by Crippen LogP contribution is -2.31. The number of amides is 3. The van der Waals surface area contributed by atoms with Crippen LogP contribution in [0.1, 0.15) is 37.5 Å². The van der Waals surface area contributed by atoms with Crippen LogP contribution >= 0.6 is 0 Å². The number of nitro groups is 1. The highest BCUT2D eigenvalue weighted by molar-refractivity contribution is 6.22. The second kappa shape index (κ2) is 8.15. The molecule has 3 amide bonds. The smallest absolute Gasteiger partial charge is 0.306 e. The zero-order valence-electron chi connectivity index (χ0n) is 15.3. The number of nitro benzene ring substituents is 1. The maximum atomic E-state index is 13.4. The van der Waals surface area contributed by atoms with Crippen LogP contribution in [0.5, 0.6) is 0 Å². The fourth-order valence-corrected chi connectivity index (χ4v) is 2.94. The van der Waals surface area contributed by atoms with Gasteiger partial charge in [0.15, 0.2) is 0 Å². The van der Waals surface area contributed by atoms with Gasteiger partial charge in [0, 0.05) is 37.6 Å². The van der Waals surface area contributed by atoms with Gasteiger partial charge < -0.3 is 10.1 Å². The maximum Gasteiger partial charge on any atom is 0.306 e. The summed E-state index contributed by atoms with van der Waals surface area (Å²) in [5, 5.41) is 13.2. The van der Waals surface area contributed by atoms with Crippen molar-refractivity contribution in [2.24, 2.45) is 0 Å². The lowest BCUT2D eigenvalue weighted by molar-refractivity contribution is -0.387. The zero-order chi connectivity index (χ0) is 21.1. The van der Waals surface area contributed by atoms with Crippen molar-refractivity contribution in [1.29, 1.82) is 0 Å². The van der Waals surface area contributed by atoms with E-state index in [-0.39, 0.29) is 28.9 Å². The Morgan fingerprint density at radius 3 is 2.59 bits per heavy atom. The van der Waals surface area contributed by atoms with Gasteiger partial charge in [0.05, 0.1) is 16.1 Å². The van der Waals surface area contributed by atoms with Crippen molar-refractivity contribution in [3.63, 3.8) is 0 Å². The Hall–Kier alpha value is -3.66. The van der Waals surface area contributed by atoms with Crippen molar-refractivity contribution >= 4 is 29.1 Å². The maximum absolute atomic E-state index is 13.4. The summed E-state index contributed by atoms with van der Waals surface area (Å²) in [7, 11) is 1.52. The first-order valence-electron chi connectivity index (χ1n) is 8.58. The standard InChI is InChI=1S/C19H16FN3O6/c1-29-8-2-7-22-18(25)13-5-3-11(9-14(13)19(22)26)17(24)21-12-4-6-15(20)16(10-12)23(27)28/h3-6,9-10H,2,7-8H2,1H3,(H,21,24). The predicted molar refractivity (Wildman–Crippen MR) is 99.3 cm³/mol. The minimum absolute atomic E-state index is 0.0205. The second-order valence-corrected chi connectivity index (χ2v) is 6.25. The van der Waals surface area contributed by atoms with Gasteiger partial charge in [-0.25, -0.2) is 0 Å². The summed E-state index contributed by atoms with van der Waals surface area (Å²) in [5.41, 5.74) is -0.376. The van der Waals surface area contributed by atoms with Crippen molar-refractivity contribution in [2.75, 3.05) is 25.6 Å². The second-order valence-electron chi connectivity index (χ2n) is 6.25. The molecule has 0 spiro atoms. The first kappa shape index (κ1) is 20.1. The van der Waals surface area contributed by atoms with Gasteiger partial charge in [-0.15, -0.1) is 0 Å². The summed E-state index contributed by atoms with van der Waals surface area (Å²) in [6.45, 7) is 0.589. The number of rotatable bonds is 7. The number of benzene rings is 2. The van der Waals surface area contributed by atoms with E-state index in [4.69, 9.17) is 4.74 Å². The van der Waals surface area contributed by atoms with Crippen LogP contribution in [-0.4, -0.2) is 47.8 Å². The molecule has 1 aliphatic heterocycles. The Kier molecular flexibility index (Phi) is 5.64. The summed E-state index contributed by atoms with van der Waals surface area (Å²) in [5.74, 6) is -2.63. The summed E-state index contributed by atoms with van der Waals surface area (Å²) in [6, 6.07) is 6.99. The topological polar surface area (TPSA) is 119 Å². The third kappa shape index (κ3) is 3.97. The molecule has 0 saturated carbocycles. The van der Waals surface area contributed by atoms with Crippen LogP contribution in [-0.2, 0) is 4.74 Å². The number of halogens is 1. The van der Waals surface area contributed by atoms with Crippen LogP contribution in [0.15, 0.2) is 36.4 Å². The number of hydrogen-bond donors (Lipinski definition) is 1. The van der Waals surface area contributed by atoms with Gasteiger partial charge >= 0.3 is 5.69 Å². The first-order chi connectivity index (χ1) is 13.8. The summed E-state index contributed by atoms with van der Waals surface area (Å²) >= 11 is 0. The van der Waals surface area contributed by atoms with E-state index in [9.17, 15) is 28.9 Å². The molecule has 2 aromatic rings. The van der Waals surface area contributed by atoms with E-state index in [0.717, 1.165) is 17.0 Å². The quantitative estimate of drug-likeness (QED) is 0.330. The molecule has 9 nitrogen and oxygen atoms in total. The normalized spacial score (nSPS) is 12.8. The molecule has 0 unspecified atom stereocenters. The summed E-state index contributed by atoms with van der Waals surface area (Å²) in [6.07, 6.45) is 0.485. The number of nitrogens with zero attached hydrogens (tertiary/aromatic N) is 2. The van der Waals surface area contributed by atoms with Gasteiger partial charge in [0.1, 0.15) is 0 Å². The summed E-state index contributed by atoms with van der Waals surface area (Å²) < 4.78 is 18.3. The molecular weight excluding hydrogens is 385 g/mol. The van der Waals surface area contributed by atoms with Crippen molar-refractivity contribution in [3.05, 3.63) is 69.0 Å². The minimum atomic E-state index is -1.02. The number of hydrogen-bond acceptors (Lipinski definition) is 6. The van der Waals surface area contributed by atoms with Crippen molar-refractivity contribution in [3.8, 4) is 0 Å². The lowest BCUT2D eigenvalue weighted by atomic mass is 10.1. The average Bonchev–Trinajstić information content (AvgIpc) is 2.93. The summed E-state index contributed by atoms with van der Waals surface area (Å²) in [4.78, 5) is 48.4. The SMILES string of the molecule is COCCCN1C(=O)c2ccc(C(=O)Nc3ccc(F)c([N+](=O)[O-])c3)cc2C1=O. The Balaban J connectivity index is 1.80. The molecule has 0 aliphatic carbocycles. The molecule has 0 fully saturated rings. The van der Waals surface area contributed by atoms with Crippen molar-refractivity contribution < 1.29 is 28.4 Å². The number of imide groups is 1. The van der Waals surface area contributed by atoms with Crippen LogP contribution < -0.4 is 5.32 Å². The Bertz CT molecular complexity index is 1020. The van der Waals surface area contributed by atoms with Gasteiger partial charge in [0.2, 0.25) is 5.82 Å². The van der Waals surface area contributed by atoms with E-state index in [1.54, 1.807) is 0 Å². The van der Waals surface area contributed by atoms with Crippen LogP contribution in [0.2, 0.25) is 0 Å². The molecule has 29 heavy (non-hydrogen) atoms. The molecule has 1 heterocycles. The largest absolute Gasteiger partial charge is 0.385 e. The van der Waals surface area contributed by atoms with Gasteiger partial charge in [-0.05, 0) is 36.8 Å². The number of anilines is 1. The number of carbonyl (C=O) groups is 3. The third-order valence-electron chi connectivity index (χ3n) is 4.36. The molecule has 1 N–H and O–H groups in total. The van der Waals surface area contributed by atoms with Crippen LogP contribution in [0, 0.1) is 15.9 Å². The van der Waals surface area contributed by atoms with Gasteiger partial charge in [-0.2, -0.15) is 4.39 Å². The highest BCUT2D eigenvalue weighted by Gasteiger charge is 2.35. The highest BCUT2D eigenvalue weighted by atomic mass is 19.1. The Labute approximate surface area is 164 Å². The molecule has 10 heteroatoms. The van der Waals surface area contributed by atoms with E-state index in [1.807, 2.05) is 0 Å². The Morgan fingerprint density at radius 1 is 1.17 bits per heavy atom. The number of carbonyl (C=O) groups excluding carboxylic acids is 3. The first-order valence-corrected chi connectivity index (χ1v) is 8.58. The minimum Gasteiger partial charge on any atom is -0.385 e. The molecule has 0 aromatic heterocycles. The van der Waals surface area contributed by atoms with Gasteiger partial charge in [-0.3, -0.25) is 29.4 Å². The third-order valence-corrected chi connectivity index (χ3v) is 4.36. The average molecular weight is 401 g/mol. The fourth-order valence-electron chi connectivity index (χ4n) is 2.94. The lowest BCUT2D eigenvalue weighted by Gasteiger charge is -2.12. The molecule has 0 radical (unpaired) electrons. The number of nitrogens with one attached hydrogen (secondary N) is 1. The molecule has 0 atom stereocenters. The van der Waals surface area contributed by atoms with E-state index in [0.29, 0.717) is 13.0 Å². The monoisotopic (exact) mass is 401 g/mol. The molecule has 150 valence electrons. The highest BCUT2D eigenvalue weighted by Crippen LogP contribution is 2.26. The van der Waals surface area contributed by atoms with Gasteiger partial charge in [-0.1, -0.05) is 0 Å².